The molecule has 9 nitrogen and oxygen atoms in total. The Labute approximate surface area is 470 Å². The van der Waals surface area contributed by atoms with Gasteiger partial charge in [0.05, 0.1) is 33.8 Å². The number of ether oxygens (including phenoxy) is 1. The average Bonchev–Trinajstić information content (AvgIpc) is 3.38. The molecule has 3 unspecified atom stereocenters. The number of nitrogens with one attached hydrogen (secondary N) is 1. The fraction of sp³-hybridized carbons (Fsp3) is 0.788. The number of carbonyl (C=O) groups excluding carboxylic acids is 2. The van der Waals surface area contributed by atoms with E-state index in [0.717, 1.165) is 109 Å². The molecule has 0 spiro atoms. The number of unbranched alkanes of at least 4 members (excludes halogenated alkanes) is 31. The molecule has 10 heteroatoms. The van der Waals surface area contributed by atoms with E-state index >= 15 is 0 Å². The predicted molar refractivity (Wildman–Crippen MR) is 325 cm³/mol. The fourth-order valence-electron chi connectivity index (χ4n) is 8.91. The molecule has 1 amide bonds. The van der Waals surface area contributed by atoms with Crippen LogP contribution in [0, 0.1) is 0 Å². The zero-order valence-corrected chi connectivity index (χ0v) is 51.3. The van der Waals surface area contributed by atoms with Crippen LogP contribution in [0.2, 0.25) is 0 Å². The number of rotatable bonds is 57. The van der Waals surface area contributed by atoms with Crippen molar-refractivity contribution in [3.63, 3.8) is 0 Å². The third-order valence-electron chi connectivity index (χ3n) is 13.9. The molecule has 0 fully saturated rings. The lowest BCUT2D eigenvalue weighted by atomic mass is 10.1. The number of quaternary nitrogens is 1. The lowest BCUT2D eigenvalue weighted by molar-refractivity contribution is -0.870. The molecule has 442 valence electrons. The number of esters is 1. The summed E-state index contributed by atoms with van der Waals surface area (Å²) in [5.74, 6) is -0.561. The molecule has 0 saturated heterocycles. The summed E-state index contributed by atoms with van der Waals surface area (Å²) in [6.07, 6.45) is 71.5. The van der Waals surface area contributed by atoms with Crippen LogP contribution in [0.5, 0.6) is 0 Å². The molecule has 0 aliphatic carbocycles. The van der Waals surface area contributed by atoms with Crippen molar-refractivity contribution >= 4 is 19.7 Å². The lowest BCUT2D eigenvalue weighted by Crippen LogP contribution is -2.47. The molecule has 0 aliphatic rings. The van der Waals surface area contributed by atoms with Crippen molar-refractivity contribution in [1.82, 2.24) is 5.32 Å². The minimum absolute atomic E-state index is 0.0278. The van der Waals surface area contributed by atoms with Gasteiger partial charge in [-0.15, -0.1) is 0 Å². The summed E-state index contributed by atoms with van der Waals surface area (Å²) in [4.78, 5) is 40.0. The maximum absolute atomic E-state index is 13.5. The first-order valence-corrected chi connectivity index (χ1v) is 33.2. The van der Waals surface area contributed by atoms with Gasteiger partial charge in [-0.1, -0.05) is 242 Å². The number of phosphoric acid groups is 1. The molecule has 0 aromatic carbocycles. The Hall–Kier alpha value is -2.55. The fourth-order valence-corrected chi connectivity index (χ4v) is 9.63. The molecule has 0 radical (unpaired) electrons. The zero-order chi connectivity index (χ0) is 55.7. The highest BCUT2D eigenvalue weighted by molar-refractivity contribution is 7.45. The van der Waals surface area contributed by atoms with Gasteiger partial charge in [-0.05, 0) is 102 Å². The molecule has 0 saturated carbocycles. The number of likely N-dealkylation sites (N-methyl/N-ethyl adjacent to an activating group) is 1. The van der Waals surface area contributed by atoms with Crippen molar-refractivity contribution in [2.45, 2.75) is 296 Å². The number of carbonyl (C=O) groups is 2. The molecule has 0 heterocycles. The van der Waals surface area contributed by atoms with Gasteiger partial charge in [-0.25, -0.2) is 0 Å². The highest BCUT2D eigenvalue weighted by atomic mass is 31.2. The summed E-state index contributed by atoms with van der Waals surface area (Å²) < 4.78 is 30.3. The van der Waals surface area contributed by atoms with E-state index < -0.39 is 26.6 Å². The number of hydrogen-bond donors (Lipinski definition) is 1. The van der Waals surface area contributed by atoms with Crippen molar-refractivity contribution in [3.05, 3.63) is 72.9 Å². The van der Waals surface area contributed by atoms with Crippen LogP contribution in [-0.4, -0.2) is 69.4 Å². The van der Waals surface area contributed by atoms with Gasteiger partial charge in [0.25, 0.3) is 7.82 Å². The highest BCUT2D eigenvalue weighted by Crippen LogP contribution is 2.38. The van der Waals surface area contributed by atoms with E-state index in [1.54, 1.807) is 0 Å². The molecular weight excluding hydrogens is 964 g/mol. The predicted octanol–water partition coefficient (Wildman–Crippen LogP) is 19.0. The number of amides is 1. The van der Waals surface area contributed by atoms with Crippen LogP contribution in [-0.2, 0) is 27.9 Å². The molecule has 0 aliphatic heterocycles. The van der Waals surface area contributed by atoms with Gasteiger partial charge in [-0.3, -0.25) is 14.2 Å². The average molecular weight is 1090 g/mol. The van der Waals surface area contributed by atoms with Gasteiger partial charge in [0.1, 0.15) is 19.3 Å². The van der Waals surface area contributed by atoms with E-state index in [0.29, 0.717) is 17.4 Å². The SMILES string of the molecule is CCCCC/C=C\C/C=C\C/C=C\C/C=C\CCCCCCCCCC(=O)OC(/C=C\CCCCCCCCCCC)C(COP(=O)([O-])OCC[N+](C)(C)C)NC(=O)CCCCCCC/C=C/CCCCCCCCC. The second-order valence-electron chi connectivity index (χ2n) is 22.6. The standard InChI is InChI=1S/C66H121N2O7P/c1-7-10-13-16-19-22-25-27-29-31-32-33-34-35-36-37-39-41-44-47-50-53-56-59-66(70)75-64(57-54-51-48-45-42-24-21-18-15-12-9-3)63(62-74-76(71,72)73-61-60-68(4,5)6)67-65(69)58-55-52-49-46-43-40-38-30-28-26-23-20-17-14-11-8-2/h19,22,27,29-30,32-33,35-36,38,54,57,63-64H,7-18,20-21,23-26,28,31,34,37,39-53,55-56,58-62H2,1-6H3,(H-,67,69,71,72)/b22-19-,29-27-,33-32-,36-35-,38-30+,57-54-. The van der Waals surface area contributed by atoms with Gasteiger partial charge in [0.15, 0.2) is 0 Å². The highest BCUT2D eigenvalue weighted by Gasteiger charge is 2.27. The smallest absolute Gasteiger partial charge is 0.306 e. The van der Waals surface area contributed by atoms with E-state index in [-0.39, 0.29) is 24.9 Å². The van der Waals surface area contributed by atoms with E-state index in [1.165, 1.54) is 141 Å². The van der Waals surface area contributed by atoms with Crippen LogP contribution in [0.4, 0.5) is 0 Å². The summed E-state index contributed by atoms with van der Waals surface area (Å²) in [6, 6.07) is -0.899. The monoisotopic (exact) mass is 1080 g/mol. The second kappa shape index (κ2) is 55.8. The summed E-state index contributed by atoms with van der Waals surface area (Å²) in [5.41, 5.74) is 0. The Morgan fingerprint density at radius 3 is 1.24 bits per heavy atom. The van der Waals surface area contributed by atoms with Gasteiger partial charge in [0.2, 0.25) is 5.91 Å². The first-order valence-electron chi connectivity index (χ1n) is 31.7. The molecule has 76 heavy (non-hydrogen) atoms. The molecule has 1 N–H and O–H groups in total. The Balaban J connectivity index is 5.20. The van der Waals surface area contributed by atoms with Crippen LogP contribution < -0.4 is 10.2 Å². The number of phosphoric ester groups is 1. The zero-order valence-electron chi connectivity index (χ0n) is 50.4. The number of hydrogen-bond acceptors (Lipinski definition) is 7. The van der Waals surface area contributed by atoms with Crippen molar-refractivity contribution in [2.75, 3.05) is 40.9 Å². The Bertz CT molecular complexity index is 1530. The van der Waals surface area contributed by atoms with Crippen molar-refractivity contribution in [2.24, 2.45) is 0 Å². The normalized spacial score (nSPS) is 14.1. The third-order valence-corrected chi connectivity index (χ3v) is 14.8. The van der Waals surface area contributed by atoms with E-state index in [9.17, 15) is 19.0 Å². The Morgan fingerprint density at radius 2 is 0.803 bits per heavy atom. The van der Waals surface area contributed by atoms with Gasteiger partial charge >= 0.3 is 5.97 Å². The second-order valence-corrected chi connectivity index (χ2v) is 24.0. The van der Waals surface area contributed by atoms with Crippen molar-refractivity contribution < 1.29 is 37.3 Å². The van der Waals surface area contributed by atoms with Gasteiger partial charge in [0, 0.05) is 12.8 Å². The Kier molecular flexibility index (Phi) is 53.9. The molecule has 3 atom stereocenters. The van der Waals surface area contributed by atoms with E-state index in [4.69, 9.17) is 13.8 Å². The number of allylic oxidation sites excluding steroid dienone is 11. The minimum Gasteiger partial charge on any atom is -0.756 e. The summed E-state index contributed by atoms with van der Waals surface area (Å²) in [7, 11) is 1.17. The quantitative estimate of drug-likeness (QED) is 0.0212. The van der Waals surface area contributed by atoms with Gasteiger partial charge in [-0.2, -0.15) is 0 Å². The van der Waals surface area contributed by atoms with Gasteiger partial charge < -0.3 is 28.5 Å². The van der Waals surface area contributed by atoms with Crippen LogP contribution in [0.25, 0.3) is 0 Å². The maximum atomic E-state index is 13.5. The van der Waals surface area contributed by atoms with Crippen LogP contribution in [0.3, 0.4) is 0 Å². The van der Waals surface area contributed by atoms with E-state index in [1.807, 2.05) is 33.3 Å². The molecule has 0 rings (SSSR count). The number of nitrogens with zero attached hydrogens (tertiary/aromatic N) is 1. The first kappa shape index (κ1) is 73.5. The van der Waals surface area contributed by atoms with Crippen LogP contribution in [0.15, 0.2) is 72.9 Å². The summed E-state index contributed by atoms with van der Waals surface area (Å²) >= 11 is 0. The molecule has 0 bridgehead atoms. The molecular formula is C66H121N2O7P. The van der Waals surface area contributed by atoms with Crippen LogP contribution >= 0.6 is 7.82 Å². The molecule has 0 aromatic rings. The Morgan fingerprint density at radius 1 is 0.461 bits per heavy atom. The summed E-state index contributed by atoms with van der Waals surface area (Å²) in [5, 5.41) is 3.02. The maximum Gasteiger partial charge on any atom is 0.306 e. The minimum atomic E-state index is -4.70. The largest absolute Gasteiger partial charge is 0.756 e. The first-order chi connectivity index (χ1) is 36.9. The van der Waals surface area contributed by atoms with E-state index in [2.05, 4.69) is 86.8 Å². The van der Waals surface area contributed by atoms with Crippen molar-refractivity contribution in [1.29, 1.82) is 0 Å². The third kappa shape index (κ3) is 56.2. The summed E-state index contributed by atoms with van der Waals surface area (Å²) in [6.45, 7) is 6.80. The van der Waals surface area contributed by atoms with Crippen LogP contribution in [0.1, 0.15) is 284 Å². The molecule has 0 aromatic heterocycles. The lowest BCUT2D eigenvalue weighted by Gasteiger charge is -2.30. The van der Waals surface area contributed by atoms with Crippen molar-refractivity contribution in [3.8, 4) is 0 Å². The topological polar surface area (TPSA) is 114 Å².